The van der Waals surface area contributed by atoms with Crippen molar-refractivity contribution < 1.29 is 4.74 Å². The van der Waals surface area contributed by atoms with Gasteiger partial charge in [-0.05, 0) is 40.8 Å². The van der Waals surface area contributed by atoms with Crippen LogP contribution in [0.3, 0.4) is 0 Å². The Morgan fingerprint density at radius 1 is 1.10 bits per heavy atom. The quantitative estimate of drug-likeness (QED) is 0.636. The fourth-order valence-corrected chi connectivity index (χ4v) is 4.05. The molecule has 0 spiro atoms. The molecule has 1 aliphatic rings. The number of methoxy groups -OCH3 is 1. The highest BCUT2D eigenvalue weighted by atomic mass is 79.9. The maximum absolute atomic E-state index is 5.28. The molecule has 0 aromatic heterocycles. The third kappa shape index (κ3) is 3.01. The summed E-state index contributed by atoms with van der Waals surface area (Å²) in [6, 6.07) is 13.0. The van der Waals surface area contributed by atoms with Gasteiger partial charge in [0.25, 0.3) is 0 Å². The summed E-state index contributed by atoms with van der Waals surface area (Å²) in [7, 11) is 1.71. The van der Waals surface area contributed by atoms with E-state index in [1.54, 1.807) is 7.11 Å². The Kier molecular flexibility index (Phi) is 4.30. The van der Waals surface area contributed by atoms with Crippen molar-refractivity contribution in [1.29, 1.82) is 0 Å². The van der Waals surface area contributed by atoms with Crippen LogP contribution < -0.4 is 4.74 Å². The fraction of sp³-hybridized carbons (Fsp3) is 0.444. The summed E-state index contributed by atoms with van der Waals surface area (Å²) in [5.74, 6) is 1.83. The molecule has 2 aromatic rings. The molecular formula is C18H21BrO. The summed E-state index contributed by atoms with van der Waals surface area (Å²) in [5.41, 5.74) is 1.40. The monoisotopic (exact) mass is 332 g/mol. The van der Waals surface area contributed by atoms with Crippen LogP contribution in [0.2, 0.25) is 0 Å². The van der Waals surface area contributed by atoms with Crippen LogP contribution >= 0.6 is 15.9 Å². The van der Waals surface area contributed by atoms with Gasteiger partial charge in [0.1, 0.15) is 5.75 Å². The van der Waals surface area contributed by atoms with Gasteiger partial charge >= 0.3 is 0 Å². The van der Waals surface area contributed by atoms with Crippen molar-refractivity contribution in [1.82, 2.24) is 0 Å². The second-order valence-electron chi connectivity index (χ2n) is 5.83. The lowest BCUT2D eigenvalue weighted by Gasteiger charge is -2.16. The SMILES string of the molecule is COc1ccc2cc(C(Br)CC3CCCC3)ccc2c1. The third-order valence-electron chi connectivity index (χ3n) is 4.45. The molecule has 0 amide bonds. The van der Waals surface area contributed by atoms with E-state index in [0.717, 1.165) is 11.7 Å². The molecule has 1 atom stereocenters. The number of ether oxygens (including phenoxy) is 1. The van der Waals surface area contributed by atoms with Gasteiger partial charge in [0.2, 0.25) is 0 Å². The first-order valence-corrected chi connectivity index (χ1v) is 8.39. The Bertz CT molecular complexity index is 587. The van der Waals surface area contributed by atoms with Crippen molar-refractivity contribution in [2.75, 3.05) is 7.11 Å². The Hall–Kier alpha value is -1.02. The standard InChI is InChI=1S/C18H21BrO/c1-20-17-9-8-14-11-16(7-6-15(14)12-17)18(19)10-13-4-2-3-5-13/h6-9,11-13,18H,2-5,10H2,1H3. The molecule has 1 unspecified atom stereocenters. The summed E-state index contributed by atoms with van der Waals surface area (Å²) >= 11 is 3.89. The minimum Gasteiger partial charge on any atom is -0.497 e. The normalized spacial score (nSPS) is 17.5. The van der Waals surface area contributed by atoms with Crippen molar-refractivity contribution in [3.05, 3.63) is 42.0 Å². The molecule has 1 aliphatic carbocycles. The number of halogens is 1. The predicted molar refractivity (Wildman–Crippen MR) is 88.7 cm³/mol. The highest BCUT2D eigenvalue weighted by Crippen LogP contribution is 2.38. The molecule has 0 bridgehead atoms. The van der Waals surface area contributed by atoms with Gasteiger partial charge < -0.3 is 4.74 Å². The average Bonchev–Trinajstić information content (AvgIpc) is 2.99. The van der Waals surface area contributed by atoms with Gasteiger partial charge in [0.15, 0.2) is 0 Å². The molecule has 1 fully saturated rings. The molecular weight excluding hydrogens is 312 g/mol. The van der Waals surface area contributed by atoms with Crippen molar-refractivity contribution in [3.63, 3.8) is 0 Å². The van der Waals surface area contributed by atoms with E-state index in [0.29, 0.717) is 4.83 Å². The third-order valence-corrected chi connectivity index (χ3v) is 5.35. The summed E-state index contributed by atoms with van der Waals surface area (Å²) in [4.78, 5) is 0.483. The van der Waals surface area contributed by atoms with Gasteiger partial charge in [-0.25, -0.2) is 0 Å². The molecule has 0 radical (unpaired) electrons. The average molecular weight is 333 g/mol. The van der Waals surface area contributed by atoms with E-state index in [-0.39, 0.29) is 0 Å². The Morgan fingerprint density at radius 2 is 1.80 bits per heavy atom. The molecule has 3 rings (SSSR count). The molecule has 2 heteroatoms. The first-order valence-electron chi connectivity index (χ1n) is 7.48. The highest BCUT2D eigenvalue weighted by Gasteiger charge is 2.19. The lowest BCUT2D eigenvalue weighted by molar-refractivity contribution is 0.415. The maximum atomic E-state index is 5.28. The van der Waals surface area contributed by atoms with E-state index in [4.69, 9.17) is 4.74 Å². The molecule has 106 valence electrons. The van der Waals surface area contributed by atoms with Crippen molar-refractivity contribution in [2.24, 2.45) is 5.92 Å². The lowest BCUT2D eigenvalue weighted by atomic mass is 9.96. The van der Waals surface area contributed by atoms with Gasteiger partial charge in [-0.2, -0.15) is 0 Å². The van der Waals surface area contributed by atoms with Gasteiger partial charge in [-0.1, -0.05) is 65.9 Å². The number of alkyl halides is 1. The van der Waals surface area contributed by atoms with Gasteiger partial charge in [0, 0.05) is 4.83 Å². The minimum atomic E-state index is 0.483. The van der Waals surface area contributed by atoms with E-state index in [1.165, 1.54) is 48.4 Å². The topological polar surface area (TPSA) is 9.23 Å². The fourth-order valence-electron chi connectivity index (χ4n) is 3.24. The van der Waals surface area contributed by atoms with Crippen LogP contribution in [0.4, 0.5) is 0 Å². The zero-order chi connectivity index (χ0) is 13.9. The zero-order valence-electron chi connectivity index (χ0n) is 11.9. The van der Waals surface area contributed by atoms with E-state index in [1.807, 2.05) is 6.07 Å². The smallest absolute Gasteiger partial charge is 0.119 e. The van der Waals surface area contributed by atoms with Crippen LogP contribution in [-0.2, 0) is 0 Å². The van der Waals surface area contributed by atoms with Gasteiger partial charge in [0.05, 0.1) is 7.11 Å². The molecule has 20 heavy (non-hydrogen) atoms. The Balaban J connectivity index is 1.80. The molecule has 1 nitrogen and oxygen atoms in total. The van der Waals surface area contributed by atoms with Crippen LogP contribution in [-0.4, -0.2) is 7.11 Å². The van der Waals surface area contributed by atoms with E-state index in [9.17, 15) is 0 Å². The number of rotatable bonds is 4. The number of hydrogen-bond donors (Lipinski definition) is 0. The second-order valence-corrected chi connectivity index (χ2v) is 6.93. The molecule has 0 heterocycles. The van der Waals surface area contributed by atoms with Crippen molar-refractivity contribution in [3.8, 4) is 5.75 Å². The van der Waals surface area contributed by atoms with Crippen LogP contribution in [0.1, 0.15) is 42.5 Å². The first-order chi connectivity index (χ1) is 9.76. The van der Waals surface area contributed by atoms with Gasteiger partial charge in [-0.3, -0.25) is 0 Å². The number of benzene rings is 2. The summed E-state index contributed by atoms with van der Waals surface area (Å²) in [6.07, 6.45) is 6.92. The van der Waals surface area contributed by atoms with Gasteiger partial charge in [-0.15, -0.1) is 0 Å². The largest absolute Gasteiger partial charge is 0.497 e. The molecule has 1 saturated carbocycles. The minimum absolute atomic E-state index is 0.483. The van der Waals surface area contributed by atoms with Crippen LogP contribution in [0.5, 0.6) is 5.75 Å². The van der Waals surface area contributed by atoms with E-state index in [2.05, 4.69) is 46.3 Å². The molecule has 0 N–H and O–H groups in total. The number of hydrogen-bond acceptors (Lipinski definition) is 1. The molecule has 0 aliphatic heterocycles. The first kappa shape index (κ1) is 13.9. The van der Waals surface area contributed by atoms with E-state index >= 15 is 0 Å². The van der Waals surface area contributed by atoms with Crippen LogP contribution in [0, 0.1) is 5.92 Å². The Morgan fingerprint density at radius 3 is 2.55 bits per heavy atom. The summed E-state index contributed by atoms with van der Waals surface area (Å²) in [5, 5.41) is 2.54. The lowest BCUT2D eigenvalue weighted by Crippen LogP contribution is -1.99. The molecule has 0 saturated heterocycles. The number of fused-ring (bicyclic) bond motifs is 1. The zero-order valence-corrected chi connectivity index (χ0v) is 13.5. The highest BCUT2D eigenvalue weighted by molar-refractivity contribution is 9.09. The van der Waals surface area contributed by atoms with Crippen molar-refractivity contribution >= 4 is 26.7 Å². The van der Waals surface area contributed by atoms with Crippen LogP contribution in [0.25, 0.3) is 10.8 Å². The summed E-state index contributed by atoms with van der Waals surface area (Å²) in [6.45, 7) is 0. The van der Waals surface area contributed by atoms with Crippen molar-refractivity contribution in [2.45, 2.75) is 36.9 Å². The van der Waals surface area contributed by atoms with Crippen LogP contribution in [0.15, 0.2) is 36.4 Å². The van der Waals surface area contributed by atoms with E-state index < -0.39 is 0 Å². The maximum Gasteiger partial charge on any atom is 0.119 e. The molecule has 2 aromatic carbocycles. The second kappa shape index (κ2) is 6.17. The Labute approximate surface area is 129 Å². The summed E-state index contributed by atoms with van der Waals surface area (Å²) < 4.78 is 5.28. The predicted octanol–water partition coefficient (Wildman–Crippen LogP) is 5.86.